The zero-order chi connectivity index (χ0) is 19.5. The predicted octanol–water partition coefficient (Wildman–Crippen LogP) is 3.50. The first kappa shape index (κ1) is 18.5. The summed E-state index contributed by atoms with van der Waals surface area (Å²) in [6.45, 7) is 5.61. The van der Waals surface area contributed by atoms with Crippen LogP contribution in [0.3, 0.4) is 0 Å². The Morgan fingerprint density at radius 3 is 2.46 bits per heavy atom. The molecule has 1 N–H and O–H groups in total. The van der Waals surface area contributed by atoms with Crippen LogP contribution in [0.15, 0.2) is 42.5 Å². The van der Waals surface area contributed by atoms with Crippen LogP contribution < -0.4 is 24.3 Å². The molecule has 2 aromatic rings. The van der Waals surface area contributed by atoms with Crippen molar-refractivity contribution in [2.75, 3.05) is 19.8 Å². The molecule has 6 heteroatoms. The third kappa shape index (κ3) is 3.86. The summed E-state index contributed by atoms with van der Waals surface area (Å²) in [6.07, 6.45) is 0.172. The molecular formula is C22H25NO5. The number of carbonyl (C=O) groups is 1. The molecule has 0 fully saturated rings. The van der Waals surface area contributed by atoms with Gasteiger partial charge in [-0.3, -0.25) is 4.79 Å². The number of rotatable bonds is 4. The number of hydrogen-bond acceptors (Lipinski definition) is 5. The molecule has 0 spiro atoms. The molecule has 0 aliphatic carbocycles. The van der Waals surface area contributed by atoms with Crippen molar-refractivity contribution in [1.29, 1.82) is 0 Å². The van der Waals surface area contributed by atoms with E-state index in [-0.39, 0.29) is 24.5 Å². The topological polar surface area (TPSA) is 66.0 Å². The van der Waals surface area contributed by atoms with E-state index in [9.17, 15) is 4.79 Å². The number of para-hydroxylation sites is 2. The minimum absolute atomic E-state index is 0.176. The van der Waals surface area contributed by atoms with Gasteiger partial charge in [0.05, 0.1) is 19.3 Å². The lowest BCUT2D eigenvalue weighted by atomic mass is 9.95. The molecule has 0 bridgehead atoms. The minimum atomic E-state index is -0.684. The molecule has 2 heterocycles. The monoisotopic (exact) mass is 383 g/mol. The predicted molar refractivity (Wildman–Crippen MR) is 104 cm³/mol. The average Bonchev–Trinajstić information content (AvgIpc) is 2.96. The molecule has 2 atom stereocenters. The van der Waals surface area contributed by atoms with E-state index >= 15 is 0 Å². The first-order valence-electron chi connectivity index (χ1n) is 9.70. The molecule has 2 aromatic carbocycles. The fourth-order valence-corrected chi connectivity index (χ4v) is 3.40. The number of nitrogens with one attached hydrogen (secondary N) is 1. The van der Waals surface area contributed by atoms with Crippen LogP contribution in [0.1, 0.15) is 31.9 Å². The van der Waals surface area contributed by atoms with Crippen LogP contribution in [0, 0.1) is 5.92 Å². The van der Waals surface area contributed by atoms with Crippen molar-refractivity contribution >= 4 is 5.91 Å². The van der Waals surface area contributed by atoms with Gasteiger partial charge in [0.1, 0.15) is 6.61 Å². The number of hydrogen-bond donors (Lipinski definition) is 1. The van der Waals surface area contributed by atoms with Crippen LogP contribution in [0.25, 0.3) is 0 Å². The third-order valence-corrected chi connectivity index (χ3v) is 4.90. The van der Waals surface area contributed by atoms with Gasteiger partial charge in [-0.05, 0) is 35.7 Å². The molecule has 28 heavy (non-hydrogen) atoms. The van der Waals surface area contributed by atoms with E-state index in [1.807, 2.05) is 36.4 Å². The van der Waals surface area contributed by atoms with Crippen molar-refractivity contribution < 1.29 is 23.7 Å². The van der Waals surface area contributed by atoms with Gasteiger partial charge in [0.15, 0.2) is 23.0 Å². The Balaban J connectivity index is 1.50. The van der Waals surface area contributed by atoms with E-state index < -0.39 is 6.10 Å². The van der Waals surface area contributed by atoms with Gasteiger partial charge in [-0.15, -0.1) is 0 Å². The number of ether oxygens (including phenoxy) is 4. The maximum atomic E-state index is 12.9. The quantitative estimate of drug-likeness (QED) is 0.875. The van der Waals surface area contributed by atoms with E-state index in [2.05, 4.69) is 19.2 Å². The number of amides is 1. The second-order valence-corrected chi connectivity index (χ2v) is 7.35. The zero-order valence-electron chi connectivity index (χ0n) is 16.1. The lowest BCUT2D eigenvalue weighted by molar-refractivity contribution is -0.131. The summed E-state index contributed by atoms with van der Waals surface area (Å²) in [6, 6.07) is 13.0. The van der Waals surface area contributed by atoms with Gasteiger partial charge in [0.25, 0.3) is 5.91 Å². The Morgan fingerprint density at radius 2 is 1.68 bits per heavy atom. The Bertz CT molecular complexity index is 851. The van der Waals surface area contributed by atoms with Gasteiger partial charge in [0.2, 0.25) is 6.10 Å². The minimum Gasteiger partial charge on any atom is -0.490 e. The summed E-state index contributed by atoms with van der Waals surface area (Å²) in [7, 11) is 0. The maximum Gasteiger partial charge on any atom is 0.265 e. The summed E-state index contributed by atoms with van der Waals surface area (Å²) in [4.78, 5) is 12.9. The smallest absolute Gasteiger partial charge is 0.265 e. The van der Waals surface area contributed by atoms with Gasteiger partial charge in [-0.25, -0.2) is 0 Å². The highest BCUT2D eigenvalue weighted by Crippen LogP contribution is 2.35. The first-order chi connectivity index (χ1) is 13.6. The number of benzene rings is 2. The molecule has 6 nitrogen and oxygen atoms in total. The van der Waals surface area contributed by atoms with E-state index in [4.69, 9.17) is 18.9 Å². The van der Waals surface area contributed by atoms with Crippen LogP contribution in [0.2, 0.25) is 0 Å². The lowest BCUT2D eigenvalue weighted by Gasteiger charge is -2.29. The molecule has 148 valence electrons. The van der Waals surface area contributed by atoms with E-state index in [0.717, 1.165) is 23.5 Å². The van der Waals surface area contributed by atoms with Crippen molar-refractivity contribution in [2.45, 2.75) is 32.4 Å². The second-order valence-electron chi connectivity index (χ2n) is 7.35. The Labute approximate surface area is 164 Å². The zero-order valence-corrected chi connectivity index (χ0v) is 16.1. The van der Waals surface area contributed by atoms with E-state index in [0.29, 0.717) is 24.7 Å². The van der Waals surface area contributed by atoms with Crippen LogP contribution in [0.4, 0.5) is 0 Å². The second kappa shape index (κ2) is 8.00. The SMILES string of the molecule is CC(C)[C@@H](NC(=O)[C@@H]1COc2ccccc2O1)c1ccc2c(c1)OCCCO2. The molecule has 2 aliphatic heterocycles. The van der Waals surface area contributed by atoms with Crippen LogP contribution >= 0.6 is 0 Å². The van der Waals surface area contributed by atoms with Crippen LogP contribution in [-0.2, 0) is 4.79 Å². The molecule has 2 aliphatic rings. The summed E-state index contributed by atoms with van der Waals surface area (Å²) >= 11 is 0. The number of fused-ring (bicyclic) bond motifs is 2. The fourth-order valence-electron chi connectivity index (χ4n) is 3.40. The Morgan fingerprint density at radius 1 is 0.964 bits per heavy atom. The van der Waals surface area contributed by atoms with Gasteiger partial charge < -0.3 is 24.3 Å². The average molecular weight is 383 g/mol. The van der Waals surface area contributed by atoms with Crippen molar-refractivity contribution in [1.82, 2.24) is 5.32 Å². The van der Waals surface area contributed by atoms with Crippen molar-refractivity contribution in [3.05, 3.63) is 48.0 Å². The Hall–Kier alpha value is -2.89. The highest BCUT2D eigenvalue weighted by molar-refractivity contribution is 5.82. The molecule has 0 saturated carbocycles. The van der Waals surface area contributed by atoms with Crippen molar-refractivity contribution in [3.63, 3.8) is 0 Å². The van der Waals surface area contributed by atoms with Gasteiger partial charge in [-0.2, -0.15) is 0 Å². The van der Waals surface area contributed by atoms with Gasteiger partial charge >= 0.3 is 0 Å². The van der Waals surface area contributed by atoms with Gasteiger partial charge in [0, 0.05) is 6.42 Å². The highest BCUT2D eigenvalue weighted by atomic mass is 16.6. The molecule has 0 radical (unpaired) electrons. The molecule has 1 amide bonds. The summed E-state index contributed by atoms with van der Waals surface area (Å²) < 4.78 is 23.0. The number of carbonyl (C=O) groups excluding carboxylic acids is 1. The van der Waals surface area contributed by atoms with E-state index in [1.165, 1.54) is 0 Å². The normalized spacial score (nSPS) is 18.9. The van der Waals surface area contributed by atoms with Crippen LogP contribution in [-0.4, -0.2) is 31.8 Å². The molecule has 0 unspecified atom stereocenters. The fraction of sp³-hybridized carbons (Fsp3) is 0.409. The molecule has 4 rings (SSSR count). The largest absolute Gasteiger partial charge is 0.490 e. The summed E-state index contributed by atoms with van der Waals surface area (Å²) in [5.41, 5.74) is 0.977. The maximum absolute atomic E-state index is 12.9. The molecule has 0 aromatic heterocycles. The van der Waals surface area contributed by atoms with Crippen LogP contribution in [0.5, 0.6) is 23.0 Å². The van der Waals surface area contributed by atoms with Gasteiger partial charge in [-0.1, -0.05) is 32.0 Å². The first-order valence-corrected chi connectivity index (χ1v) is 9.70. The standard InChI is InChI=1S/C22H25NO5/c1-14(2)21(15-8-9-17-19(12-15)26-11-5-10-25-17)23-22(24)20-13-27-16-6-3-4-7-18(16)28-20/h3-4,6-9,12,14,20-21H,5,10-11,13H2,1-2H3,(H,23,24)/t20-,21+/m0/s1. The van der Waals surface area contributed by atoms with Crippen molar-refractivity contribution in [3.8, 4) is 23.0 Å². The molecular weight excluding hydrogens is 358 g/mol. The summed E-state index contributed by atoms with van der Waals surface area (Å²) in [5.74, 6) is 2.71. The van der Waals surface area contributed by atoms with E-state index in [1.54, 1.807) is 6.07 Å². The Kier molecular flexibility index (Phi) is 5.28. The van der Waals surface area contributed by atoms with Crippen molar-refractivity contribution in [2.24, 2.45) is 5.92 Å². The molecule has 0 saturated heterocycles. The highest BCUT2D eigenvalue weighted by Gasteiger charge is 2.30. The third-order valence-electron chi connectivity index (χ3n) is 4.90. The summed E-state index contributed by atoms with van der Waals surface area (Å²) in [5, 5.41) is 3.12. The lowest BCUT2D eigenvalue weighted by Crippen LogP contribution is -2.46.